The third-order valence-corrected chi connectivity index (χ3v) is 6.65. The summed E-state index contributed by atoms with van der Waals surface area (Å²) in [7, 11) is -4.15. The van der Waals surface area contributed by atoms with Crippen LogP contribution in [-0.2, 0) is 26.0 Å². The van der Waals surface area contributed by atoms with Crippen LogP contribution in [0.3, 0.4) is 0 Å². The topological polar surface area (TPSA) is 114 Å². The predicted molar refractivity (Wildman–Crippen MR) is 119 cm³/mol. The molecule has 0 atom stereocenters. The number of benzene rings is 2. The van der Waals surface area contributed by atoms with E-state index in [1.807, 2.05) is 0 Å². The maximum Gasteiger partial charge on any atom is 0.311 e. The number of carbonyl (C=O) groups is 2. The van der Waals surface area contributed by atoms with Gasteiger partial charge in [-0.25, -0.2) is 17.8 Å². The number of aromatic nitrogens is 1. The van der Waals surface area contributed by atoms with E-state index in [2.05, 4.69) is 15.0 Å². The van der Waals surface area contributed by atoms with Crippen LogP contribution < -0.4 is 10.0 Å². The lowest BCUT2D eigenvalue weighted by Crippen LogP contribution is -2.16. The van der Waals surface area contributed by atoms with Gasteiger partial charge in [-0.05, 0) is 49.4 Å². The van der Waals surface area contributed by atoms with Crippen LogP contribution in [0, 0.1) is 5.82 Å². The van der Waals surface area contributed by atoms with E-state index < -0.39 is 27.7 Å². The van der Waals surface area contributed by atoms with E-state index in [0.29, 0.717) is 5.69 Å². The summed E-state index contributed by atoms with van der Waals surface area (Å²) in [6.07, 6.45) is -0.0292. The van der Waals surface area contributed by atoms with Crippen molar-refractivity contribution in [2.75, 3.05) is 16.6 Å². The third-order valence-electron chi connectivity index (χ3n) is 3.98. The molecule has 3 rings (SSSR count). The largest absolute Gasteiger partial charge is 0.466 e. The molecule has 0 saturated heterocycles. The van der Waals surface area contributed by atoms with Crippen molar-refractivity contribution in [1.82, 2.24) is 4.98 Å². The van der Waals surface area contributed by atoms with Crippen LogP contribution in [0.1, 0.15) is 23.0 Å². The Balaban J connectivity index is 1.76. The highest BCUT2D eigenvalue weighted by molar-refractivity contribution is 7.92. The SMILES string of the molecule is CCOC(=O)Cc1csc(NC(=O)c2ccc(Cl)c(S(=O)(=O)Nc3ccc(F)cc3)c2)n1. The fourth-order valence-electron chi connectivity index (χ4n) is 2.55. The highest BCUT2D eigenvalue weighted by Crippen LogP contribution is 2.26. The lowest BCUT2D eigenvalue weighted by Gasteiger charge is -2.11. The Hall–Kier alpha value is -3.02. The number of halogens is 2. The van der Waals surface area contributed by atoms with Crippen LogP contribution in [0.2, 0.25) is 5.02 Å². The number of thiazole rings is 1. The number of amides is 1. The minimum atomic E-state index is -4.15. The molecule has 12 heteroatoms. The van der Waals surface area contributed by atoms with Gasteiger partial charge < -0.3 is 4.74 Å². The van der Waals surface area contributed by atoms with Crippen molar-refractivity contribution in [3.8, 4) is 0 Å². The fraction of sp³-hybridized carbons (Fsp3) is 0.150. The Morgan fingerprint density at radius 2 is 1.91 bits per heavy atom. The number of hydrogen-bond donors (Lipinski definition) is 2. The van der Waals surface area contributed by atoms with Gasteiger partial charge in [0.1, 0.15) is 10.7 Å². The highest BCUT2D eigenvalue weighted by atomic mass is 35.5. The van der Waals surface area contributed by atoms with Crippen LogP contribution in [0.25, 0.3) is 0 Å². The summed E-state index contributed by atoms with van der Waals surface area (Å²) in [6, 6.07) is 8.49. The van der Waals surface area contributed by atoms with E-state index in [-0.39, 0.29) is 39.3 Å². The van der Waals surface area contributed by atoms with Crippen LogP contribution in [0.4, 0.5) is 15.2 Å². The standard InChI is InChI=1S/C20H17ClFN3O5S2/c1-2-30-18(26)10-15-11-31-20(23-15)24-19(27)12-3-8-16(21)17(9-12)32(28,29)25-14-6-4-13(22)5-7-14/h3-9,11,25H,2,10H2,1H3,(H,23,24,27). The molecule has 0 spiro atoms. The Labute approximate surface area is 192 Å². The molecular weight excluding hydrogens is 481 g/mol. The molecule has 8 nitrogen and oxygen atoms in total. The van der Waals surface area contributed by atoms with Crippen LogP contribution >= 0.6 is 22.9 Å². The first-order valence-electron chi connectivity index (χ1n) is 9.17. The number of ether oxygens (including phenoxy) is 1. The Bertz CT molecular complexity index is 1250. The predicted octanol–water partition coefficient (Wildman–Crippen LogP) is 4.09. The van der Waals surface area contributed by atoms with Gasteiger partial charge in [-0.2, -0.15) is 0 Å². The number of anilines is 2. The summed E-state index contributed by atoms with van der Waals surface area (Å²) in [4.78, 5) is 28.0. The zero-order chi connectivity index (χ0) is 23.3. The molecule has 3 aromatic rings. The zero-order valence-electron chi connectivity index (χ0n) is 16.6. The second kappa shape index (κ2) is 10.1. The van der Waals surface area contributed by atoms with Gasteiger partial charge in [0.05, 0.1) is 23.7 Å². The summed E-state index contributed by atoms with van der Waals surface area (Å²) in [5.74, 6) is -1.56. The molecule has 0 saturated carbocycles. The molecule has 0 unspecified atom stereocenters. The molecule has 1 heterocycles. The number of sulfonamides is 1. The fourth-order valence-corrected chi connectivity index (χ4v) is 4.84. The highest BCUT2D eigenvalue weighted by Gasteiger charge is 2.21. The van der Waals surface area contributed by atoms with Crippen LogP contribution in [0.5, 0.6) is 0 Å². The first kappa shape index (κ1) is 23.6. The number of hydrogen-bond acceptors (Lipinski definition) is 7. The van der Waals surface area contributed by atoms with E-state index in [4.69, 9.17) is 16.3 Å². The quantitative estimate of drug-likeness (QED) is 0.453. The minimum absolute atomic E-state index is 0.0241. The maximum absolute atomic E-state index is 13.1. The summed E-state index contributed by atoms with van der Waals surface area (Å²) in [5.41, 5.74) is 0.594. The van der Waals surface area contributed by atoms with Gasteiger partial charge in [-0.1, -0.05) is 11.6 Å². The lowest BCUT2D eigenvalue weighted by atomic mass is 10.2. The molecule has 0 aliphatic rings. The molecule has 0 aliphatic heterocycles. The Morgan fingerprint density at radius 1 is 1.19 bits per heavy atom. The molecule has 0 fully saturated rings. The van der Waals surface area contributed by atoms with Crippen molar-refractivity contribution in [3.05, 3.63) is 69.9 Å². The van der Waals surface area contributed by atoms with E-state index in [1.54, 1.807) is 12.3 Å². The van der Waals surface area contributed by atoms with Crippen LogP contribution in [-0.4, -0.2) is 31.9 Å². The normalized spacial score (nSPS) is 11.1. The summed E-state index contributed by atoms with van der Waals surface area (Å²) < 4.78 is 45.6. The maximum atomic E-state index is 13.1. The van der Waals surface area contributed by atoms with Gasteiger partial charge in [-0.15, -0.1) is 11.3 Å². The van der Waals surface area contributed by atoms with Gasteiger partial charge in [0, 0.05) is 16.6 Å². The van der Waals surface area contributed by atoms with E-state index in [0.717, 1.165) is 29.5 Å². The molecule has 0 aliphatic carbocycles. The minimum Gasteiger partial charge on any atom is -0.466 e. The van der Waals surface area contributed by atoms with Crippen molar-refractivity contribution in [2.45, 2.75) is 18.2 Å². The van der Waals surface area contributed by atoms with Crippen molar-refractivity contribution < 1.29 is 27.1 Å². The van der Waals surface area contributed by atoms with Crippen molar-refractivity contribution in [3.63, 3.8) is 0 Å². The number of carbonyl (C=O) groups excluding carboxylic acids is 2. The average molecular weight is 498 g/mol. The molecule has 0 radical (unpaired) electrons. The molecule has 168 valence electrons. The monoisotopic (exact) mass is 497 g/mol. The Morgan fingerprint density at radius 3 is 2.59 bits per heavy atom. The second-order valence-corrected chi connectivity index (χ2v) is 9.25. The van der Waals surface area contributed by atoms with Gasteiger partial charge in [-0.3, -0.25) is 19.6 Å². The second-order valence-electron chi connectivity index (χ2n) is 6.34. The number of nitrogens with one attached hydrogen (secondary N) is 2. The Kier molecular flexibility index (Phi) is 7.44. The summed E-state index contributed by atoms with van der Waals surface area (Å²) in [5, 5.41) is 4.30. The van der Waals surface area contributed by atoms with Gasteiger partial charge in [0.15, 0.2) is 5.13 Å². The summed E-state index contributed by atoms with van der Waals surface area (Å²) >= 11 is 7.16. The zero-order valence-corrected chi connectivity index (χ0v) is 19.0. The lowest BCUT2D eigenvalue weighted by molar-refractivity contribution is -0.142. The smallest absolute Gasteiger partial charge is 0.311 e. The van der Waals surface area contributed by atoms with E-state index in [1.165, 1.54) is 24.3 Å². The average Bonchev–Trinajstić information content (AvgIpc) is 3.16. The van der Waals surface area contributed by atoms with Gasteiger partial charge in [0.25, 0.3) is 15.9 Å². The molecule has 1 amide bonds. The van der Waals surface area contributed by atoms with Crippen molar-refractivity contribution in [2.24, 2.45) is 0 Å². The third kappa shape index (κ3) is 6.02. The van der Waals surface area contributed by atoms with E-state index in [9.17, 15) is 22.4 Å². The number of nitrogens with zero attached hydrogens (tertiary/aromatic N) is 1. The molecule has 32 heavy (non-hydrogen) atoms. The van der Waals surface area contributed by atoms with E-state index >= 15 is 0 Å². The molecule has 1 aromatic heterocycles. The first-order valence-corrected chi connectivity index (χ1v) is 11.9. The number of esters is 1. The molecular formula is C20H17ClFN3O5S2. The van der Waals surface area contributed by atoms with Crippen molar-refractivity contribution >= 4 is 55.7 Å². The molecule has 2 aromatic carbocycles. The first-order chi connectivity index (χ1) is 15.2. The van der Waals surface area contributed by atoms with Gasteiger partial charge in [0.2, 0.25) is 0 Å². The van der Waals surface area contributed by atoms with Crippen LogP contribution in [0.15, 0.2) is 52.7 Å². The number of rotatable bonds is 8. The van der Waals surface area contributed by atoms with Crippen molar-refractivity contribution in [1.29, 1.82) is 0 Å². The summed E-state index contributed by atoms with van der Waals surface area (Å²) in [6.45, 7) is 1.95. The van der Waals surface area contributed by atoms with Gasteiger partial charge >= 0.3 is 5.97 Å². The molecule has 2 N–H and O–H groups in total. The molecule has 0 bridgehead atoms.